The topological polar surface area (TPSA) is 98.3 Å². The van der Waals surface area contributed by atoms with Gasteiger partial charge in [0.1, 0.15) is 0 Å². The van der Waals surface area contributed by atoms with Crippen molar-refractivity contribution in [3.05, 3.63) is 63.6 Å². The molecular formula is C18H15Cl2N2O4-. The summed E-state index contributed by atoms with van der Waals surface area (Å²) in [6.07, 6.45) is -0.0476. The fourth-order valence-electron chi connectivity index (χ4n) is 2.25. The van der Waals surface area contributed by atoms with Crippen molar-refractivity contribution >= 4 is 46.7 Å². The van der Waals surface area contributed by atoms with E-state index < -0.39 is 17.9 Å². The summed E-state index contributed by atoms with van der Waals surface area (Å²) in [6.45, 7) is 1.37. The van der Waals surface area contributed by atoms with Crippen LogP contribution in [0.1, 0.15) is 22.8 Å². The third-order valence-corrected chi connectivity index (χ3v) is 4.08. The van der Waals surface area contributed by atoms with Gasteiger partial charge in [-0.05, 0) is 48.4 Å². The molecule has 0 fully saturated rings. The van der Waals surface area contributed by atoms with Crippen LogP contribution in [-0.4, -0.2) is 23.8 Å². The summed E-state index contributed by atoms with van der Waals surface area (Å²) in [5.74, 6) is -2.25. The van der Waals surface area contributed by atoms with Crippen molar-refractivity contribution in [3.63, 3.8) is 0 Å². The average Bonchev–Trinajstić information content (AvgIpc) is 2.56. The Morgan fingerprint density at radius 3 is 2.27 bits per heavy atom. The molecule has 2 amide bonds. The van der Waals surface area contributed by atoms with Crippen LogP contribution in [0.5, 0.6) is 0 Å². The Morgan fingerprint density at radius 2 is 1.73 bits per heavy atom. The van der Waals surface area contributed by atoms with Gasteiger partial charge < -0.3 is 20.5 Å². The smallest absolute Gasteiger partial charge is 0.251 e. The molecule has 2 N–H and O–H groups in total. The van der Waals surface area contributed by atoms with Gasteiger partial charge >= 0.3 is 0 Å². The van der Waals surface area contributed by atoms with Gasteiger partial charge in [0.25, 0.3) is 5.91 Å². The summed E-state index contributed by atoms with van der Waals surface area (Å²) >= 11 is 11.9. The fourth-order valence-corrected chi connectivity index (χ4v) is 2.74. The van der Waals surface area contributed by atoms with Crippen molar-refractivity contribution < 1.29 is 19.5 Å². The number of carbonyl (C=O) groups excluding carboxylic acids is 3. The van der Waals surface area contributed by atoms with Crippen LogP contribution >= 0.6 is 23.2 Å². The number of carbonyl (C=O) groups is 3. The molecular weight excluding hydrogens is 379 g/mol. The monoisotopic (exact) mass is 393 g/mol. The molecule has 0 aliphatic carbocycles. The Bertz CT molecular complexity index is 838. The van der Waals surface area contributed by atoms with Crippen molar-refractivity contribution in [3.8, 4) is 0 Å². The predicted molar refractivity (Wildman–Crippen MR) is 97.2 cm³/mol. The van der Waals surface area contributed by atoms with Gasteiger partial charge in [-0.3, -0.25) is 9.59 Å². The van der Waals surface area contributed by atoms with Crippen LogP contribution in [0.25, 0.3) is 0 Å². The third kappa shape index (κ3) is 5.47. The number of carboxylic acids is 1. The second kappa shape index (κ2) is 8.69. The Kier molecular flexibility index (Phi) is 6.60. The summed E-state index contributed by atoms with van der Waals surface area (Å²) in [4.78, 5) is 34.7. The minimum absolute atomic E-state index is 0.0476. The van der Waals surface area contributed by atoms with E-state index in [9.17, 15) is 19.5 Å². The predicted octanol–water partition coefficient (Wildman–Crippen LogP) is 2.04. The summed E-state index contributed by atoms with van der Waals surface area (Å²) < 4.78 is 0. The Balaban J connectivity index is 2.10. The quantitative estimate of drug-likeness (QED) is 0.784. The SMILES string of the molecule is CC(=O)Nc1ccc(C(=O)NC(Cc2ccc(Cl)cc2Cl)C(=O)[O-])cc1. The number of hydrogen-bond acceptors (Lipinski definition) is 4. The van der Waals surface area contributed by atoms with Gasteiger partial charge in [-0.15, -0.1) is 0 Å². The zero-order valence-corrected chi connectivity index (χ0v) is 15.2. The van der Waals surface area contributed by atoms with Crippen molar-refractivity contribution in [2.75, 3.05) is 5.32 Å². The molecule has 2 aromatic carbocycles. The van der Waals surface area contributed by atoms with Gasteiger partial charge in [0.15, 0.2) is 0 Å². The van der Waals surface area contributed by atoms with Crippen LogP contribution in [0.2, 0.25) is 10.0 Å². The van der Waals surface area contributed by atoms with E-state index >= 15 is 0 Å². The highest BCUT2D eigenvalue weighted by Crippen LogP contribution is 2.22. The molecule has 0 aliphatic heterocycles. The largest absolute Gasteiger partial charge is 0.548 e. The summed E-state index contributed by atoms with van der Waals surface area (Å²) in [6, 6.07) is 9.43. The molecule has 0 bridgehead atoms. The number of anilines is 1. The zero-order valence-electron chi connectivity index (χ0n) is 13.7. The van der Waals surface area contributed by atoms with E-state index in [0.29, 0.717) is 21.3 Å². The highest BCUT2D eigenvalue weighted by atomic mass is 35.5. The average molecular weight is 394 g/mol. The lowest BCUT2D eigenvalue weighted by Crippen LogP contribution is -2.49. The molecule has 0 heterocycles. The van der Waals surface area contributed by atoms with Crippen molar-refractivity contribution in [1.29, 1.82) is 0 Å². The van der Waals surface area contributed by atoms with Crippen LogP contribution in [0.3, 0.4) is 0 Å². The number of nitrogens with one attached hydrogen (secondary N) is 2. The number of hydrogen-bond donors (Lipinski definition) is 2. The number of carboxylic acid groups (broad SMARTS) is 1. The Labute approximate surface area is 160 Å². The van der Waals surface area contributed by atoms with Crippen LogP contribution in [0.4, 0.5) is 5.69 Å². The van der Waals surface area contributed by atoms with E-state index in [1.807, 2.05) is 0 Å². The summed E-state index contributed by atoms with van der Waals surface area (Å²) in [7, 11) is 0. The van der Waals surface area contributed by atoms with E-state index in [1.54, 1.807) is 24.3 Å². The minimum Gasteiger partial charge on any atom is -0.548 e. The first-order valence-corrected chi connectivity index (χ1v) is 8.35. The summed E-state index contributed by atoms with van der Waals surface area (Å²) in [5, 5.41) is 17.1. The van der Waals surface area contributed by atoms with E-state index in [-0.39, 0.29) is 17.9 Å². The first-order chi connectivity index (χ1) is 12.3. The molecule has 2 aromatic rings. The molecule has 0 spiro atoms. The second-order valence-electron chi connectivity index (χ2n) is 5.54. The van der Waals surface area contributed by atoms with Gasteiger partial charge in [-0.2, -0.15) is 0 Å². The highest BCUT2D eigenvalue weighted by molar-refractivity contribution is 6.35. The number of halogens is 2. The first kappa shape index (κ1) is 19.8. The standard InChI is InChI=1S/C18H16Cl2N2O4/c1-10(23)21-14-6-3-11(4-7-14)17(24)22-16(18(25)26)8-12-2-5-13(19)9-15(12)20/h2-7,9,16H,8H2,1H3,(H,21,23)(H,22,24)(H,25,26)/p-1. The summed E-state index contributed by atoms with van der Waals surface area (Å²) in [5.41, 5.74) is 1.29. The lowest BCUT2D eigenvalue weighted by molar-refractivity contribution is -0.308. The van der Waals surface area contributed by atoms with E-state index in [2.05, 4.69) is 10.6 Å². The molecule has 0 aromatic heterocycles. The van der Waals surface area contributed by atoms with Crippen LogP contribution in [0, 0.1) is 0 Å². The molecule has 1 atom stereocenters. The van der Waals surface area contributed by atoms with E-state index in [0.717, 1.165) is 0 Å². The molecule has 26 heavy (non-hydrogen) atoms. The maximum atomic E-state index is 12.3. The number of amides is 2. The van der Waals surface area contributed by atoms with Crippen molar-refractivity contribution in [1.82, 2.24) is 5.32 Å². The van der Waals surface area contributed by atoms with Gasteiger partial charge in [0, 0.05) is 28.2 Å². The van der Waals surface area contributed by atoms with Gasteiger partial charge in [-0.1, -0.05) is 29.3 Å². The lowest BCUT2D eigenvalue weighted by Gasteiger charge is -2.20. The molecule has 0 radical (unpaired) electrons. The van der Waals surface area contributed by atoms with E-state index in [1.165, 1.54) is 25.1 Å². The molecule has 0 aliphatic rings. The molecule has 0 saturated heterocycles. The van der Waals surface area contributed by atoms with Crippen molar-refractivity contribution in [2.45, 2.75) is 19.4 Å². The normalized spacial score (nSPS) is 11.5. The molecule has 1 unspecified atom stereocenters. The number of rotatable bonds is 6. The molecule has 136 valence electrons. The minimum atomic E-state index is -1.43. The Hall–Kier alpha value is -2.57. The van der Waals surface area contributed by atoms with Gasteiger partial charge in [-0.25, -0.2) is 0 Å². The van der Waals surface area contributed by atoms with Gasteiger partial charge in [0.05, 0.1) is 12.0 Å². The molecule has 2 rings (SSSR count). The Morgan fingerprint density at radius 1 is 1.08 bits per heavy atom. The second-order valence-corrected chi connectivity index (χ2v) is 6.39. The maximum absolute atomic E-state index is 12.3. The van der Waals surface area contributed by atoms with Crippen LogP contribution in [-0.2, 0) is 16.0 Å². The van der Waals surface area contributed by atoms with Crippen LogP contribution < -0.4 is 15.7 Å². The zero-order chi connectivity index (χ0) is 19.3. The third-order valence-electron chi connectivity index (χ3n) is 3.50. The van der Waals surface area contributed by atoms with Crippen molar-refractivity contribution in [2.24, 2.45) is 0 Å². The number of benzene rings is 2. The van der Waals surface area contributed by atoms with E-state index in [4.69, 9.17) is 23.2 Å². The lowest BCUT2D eigenvalue weighted by atomic mass is 10.1. The number of aliphatic carboxylic acids is 1. The van der Waals surface area contributed by atoms with Crippen LogP contribution in [0.15, 0.2) is 42.5 Å². The molecule has 8 heteroatoms. The maximum Gasteiger partial charge on any atom is 0.251 e. The van der Waals surface area contributed by atoms with Gasteiger partial charge in [0.2, 0.25) is 5.91 Å². The first-order valence-electron chi connectivity index (χ1n) is 7.59. The highest BCUT2D eigenvalue weighted by Gasteiger charge is 2.17. The molecule has 6 nitrogen and oxygen atoms in total. The fraction of sp³-hybridized carbons (Fsp3) is 0.167. The molecule has 0 saturated carbocycles.